The lowest BCUT2D eigenvalue weighted by molar-refractivity contribution is -0.123. The Labute approximate surface area is 204 Å². The predicted molar refractivity (Wildman–Crippen MR) is 136 cm³/mol. The maximum Gasteiger partial charge on any atom is 0.257 e. The summed E-state index contributed by atoms with van der Waals surface area (Å²) >= 11 is 3.64. The largest absolute Gasteiger partial charge is 0.490 e. The number of carbonyl (C=O) groups excluding carboxylic acids is 1. The Kier molecular flexibility index (Phi) is 9.78. The van der Waals surface area contributed by atoms with Crippen LogP contribution in [0, 0.1) is 0 Å². The van der Waals surface area contributed by atoms with Crippen LogP contribution < -0.4 is 20.1 Å². The second-order valence-electron chi connectivity index (χ2n) is 7.71. The molecule has 0 heterocycles. The zero-order valence-corrected chi connectivity index (χ0v) is 20.7. The van der Waals surface area contributed by atoms with Crippen LogP contribution in [-0.2, 0) is 17.8 Å². The van der Waals surface area contributed by atoms with Crippen molar-refractivity contribution in [3.8, 4) is 11.5 Å². The van der Waals surface area contributed by atoms with Gasteiger partial charge in [0.1, 0.15) is 0 Å². The number of benzene rings is 3. The van der Waals surface area contributed by atoms with E-state index in [0.717, 1.165) is 16.5 Å². The Bertz CT molecular complexity index is 1010. The van der Waals surface area contributed by atoms with Gasteiger partial charge in [0.25, 0.3) is 5.91 Å². The number of carbonyl (C=O) groups is 1. The lowest BCUT2D eigenvalue weighted by atomic mass is 10.1. The normalized spacial score (nSPS) is 11.6. The summed E-state index contributed by atoms with van der Waals surface area (Å²) in [7, 11) is 0. The molecule has 3 aromatic rings. The second-order valence-corrected chi connectivity index (χ2v) is 8.57. The molecule has 0 aliphatic carbocycles. The molecule has 3 aromatic carbocycles. The van der Waals surface area contributed by atoms with E-state index in [0.29, 0.717) is 31.2 Å². The topological polar surface area (TPSA) is 59.6 Å². The first-order chi connectivity index (χ1) is 16.1. The Balaban J connectivity index is 1.55. The van der Waals surface area contributed by atoms with E-state index in [1.165, 1.54) is 11.1 Å². The maximum absolute atomic E-state index is 12.2. The average molecular weight is 511 g/mol. The van der Waals surface area contributed by atoms with E-state index in [4.69, 9.17) is 9.47 Å². The molecule has 1 amide bonds. The maximum atomic E-state index is 12.2. The third-order valence-electron chi connectivity index (χ3n) is 5.25. The van der Waals surface area contributed by atoms with Gasteiger partial charge >= 0.3 is 0 Å². The van der Waals surface area contributed by atoms with Gasteiger partial charge in [0.15, 0.2) is 18.1 Å². The quantitative estimate of drug-likeness (QED) is 0.340. The molecular weight excluding hydrogens is 480 g/mol. The summed E-state index contributed by atoms with van der Waals surface area (Å²) in [5.41, 5.74) is 3.48. The summed E-state index contributed by atoms with van der Waals surface area (Å²) in [6, 6.07) is 24.4. The van der Waals surface area contributed by atoms with Crippen LogP contribution >= 0.6 is 15.9 Å². The molecule has 6 heteroatoms. The molecule has 174 valence electrons. The number of hydrogen-bond donors (Lipinski definition) is 2. The van der Waals surface area contributed by atoms with Crippen LogP contribution in [0.3, 0.4) is 0 Å². The van der Waals surface area contributed by atoms with Gasteiger partial charge in [-0.1, -0.05) is 76.6 Å². The van der Waals surface area contributed by atoms with E-state index in [-0.39, 0.29) is 18.6 Å². The molecule has 3 rings (SSSR count). The molecular formula is C27H31BrN2O3. The van der Waals surface area contributed by atoms with Gasteiger partial charge in [0.05, 0.1) is 6.61 Å². The van der Waals surface area contributed by atoms with Gasteiger partial charge in [0.2, 0.25) is 0 Å². The van der Waals surface area contributed by atoms with Crippen molar-refractivity contribution in [1.29, 1.82) is 0 Å². The van der Waals surface area contributed by atoms with E-state index in [1.807, 2.05) is 67.6 Å². The van der Waals surface area contributed by atoms with Crippen molar-refractivity contribution < 1.29 is 14.3 Å². The molecule has 0 saturated heterocycles. The Morgan fingerprint density at radius 3 is 2.33 bits per heavy atom. The first-order valence-electron chi connectivity index (χ1n) is 11.2. The van der Waals surface area contributed by atoms with Crippen molar-refractivity contribution in [2.75, 3.05) is 19.8 Å². The summed E-state index contributed by atoms with van der Waals surface area (Å²) in [4.78, 5) is 12.2. The summed E-state index contributed by atoms with van der Waals surface area (Å²) in [6.07, 6.45) is 0.783. The molecule has 0 saturated carbocycles. The summed E-state index contributed by atoms with van der Waals surface area (Å²) in [5, 5.41) is 6.44. The minimum atomic E-state index is -0.160. The summed E-state index contributed by atoms with van der Waals surface area (Å²) < 4.78 is 12.5. The first kappa shape index (κ1) is 24.8. The highest BCUT2D eigenvalue weighted by molar-refractivity contribution is 9.10. The van der Waals surface area contributed by atoms with Gasteiger partial charge in [-0.25, -0.2) is 0 Å². The Morgan fingerprint density at radius 1 is 0.970 bits per heavy atom. The molecule has 0 radical (unpaired) electrons. The highest BCUT2D eigenvalue weighted by Crippen LogP contribution is 2.34. The second kappa shape index (κ2) is 13.0. The van der Waals surface area contributed by atoms with Gasteiger partial charge in [-0.05, 0) is 49.1 Å². The molecule has 1 unspecified atom stereocenters. The lowest BCUT2D eigenvalue weighted by Crippen LogP contribution is -2.30. The summed E-state index contributed by atoms with van der Waals surface area (Å²) in [5.74, 6) is 1.01. The van der Waals surface area contributed by atoms with Gasteiger partial charge in [-0.2, -0.15) is 0 Å². The van der Waals surface area contributed by atoms with Crippen molar-refractivity contribution >= 4 is 21.8 Å². The van der Waals surface area contributed by atoms with Crippen LogP contribution in [0.2, 0.25) is 0 Å². The molecule has 0 aliphatic heterocycles. The van der Waals surface area contributed by atoms with Crippen molar-refractivity contribution in [3.63, 3.8) is 0 Å². The minimum absolute atomic E-state index is 0.0655. The molecule has 0 aliphatic rings. The van der Waals surface area contributed by atoms with Gasteiger partial charge < -0.3 is 20.1 Å². The van der Waals surface area contributed by atoms with E-state index >= 15 is 0 Å². The van der Waals surface area contributed by atoms with Crippen molar-refractivity contribution in [1.82, 2.24) is 10.6 Å². The minimum Gasteiger partial charge on any atom is -0.490 e. The van der Waals surface area contributed by atoms with E-state index in [9.17, 15) is 4.79 Å². The number of hydrogen-bond acceptors (Lipinski definition) is 4. The standard InChI is InChI=1S/C27H31BrN2O3/c1-3-32-25-16-23(18-30-20(2)22-12-8-5-9-13-22)24(28)17-26(25)33-19-27(31)29-15-14-21-10-6-4-7-11-21/h4-13,16-17,20,30H,3,14-15,18-19H2,1-2H3,(H,29,31). The third kappa shape index (κ3) is 7.91. The SMILES string of the molecule is CCOc1cc(CNC(C)c2ccccc2)c(Br)cc1OCC(=O)NCCc1ccccc1. The monoisotopic (exact) mass is 510 g/mol. The highest BCUT2D eigenvalue weighted by atomic mass is 79.9. The van der Waals surface area contributed by atoms with E-state index in [1.54, 1.807) is 0 Å². The first-order valence-corrected chi connectivity index (χ1v) is 12.0. The van der Waals surface area contributed by atoms with E-state index < -0.39 is 0 Å². The number of halogens is 1. The summed E-state index contributed by atoms with van der Waals surface area (Å²) in [6.45, 7) is 5.74. The van der Waals surface area contributed by atoms with Crippen LogP contribution in [0.4, 0.5) is 0 Å². The fourth-order valence-electron chi connectivity index (χ4n) is 3.40. The zero-order chi connectivity index (χ0) is 23.5. The third-order valence-corrected chi connectivity index (χ3v) is 5.99. The predicted octanol–water partition coefficient (Wildman–Crippen LogP) is 5.44. The van der Waals surface area contributed by atoms with Gasteiger partial charge in [-0.15, -0.1) is 0 Å². The highest BCUT2D eigenvalue weighted by Gasteiger charge is 2.14. The number of ether oxygens (including phenoxy) is 2. The number of amides is 1. The van der Waals surface area contributed by atoms with Crippen LogP contribution in [0.25, 0.3) is 0 Å². The van der Waals surface area contributed by atoms with Crippen LogP contribution in [0.5, 0.6) is 11.5 Å². The van der Waals surface area contributed by atoms with Gasteiger partial charge in [-0.3, -0.25) is 4.79 Å². The Hall–Kier alpha value is -2.83. The fraction of sp³-hybridized carbons (Fsp3) is 0.296. The molecule has 0 aromatic heterocycles. The smallest absolute Gasteiger partial charge is 0.257 e. The molecule has 5 nitrogen and oxygen atoms in total. The van der Waals surface area contributed by atoms with Crippen LogP contribution in [0.15, 0.2) is 77.3 Å². The zero-order valence-electron chi connectivity index (χ0n) is 19.1. The Morgan fingerprint density at radius 2 is 1.64 bits per heavy atom. The van der Waals surface area contributed by atoms with Crippen molar-refractivity contribution in [2.24, 2.45) is 0 Å². The van der Waals surface area contributed by atoms with Crippen LogP contribution in [-0.4, -0.2) is 25.7 Å². The molecule has 2 N–H and O–H groups in total. The fourth-order valence-corrected chi connectivity index (χ4v) is 3.86. The average Bonchev–Trinajstić information content (AvgIpc) is 2.84. The lowest BCUT2D eigenvalue weighted by Gasteiger charge is -2.18. The molecule has 1 atom stereocenters. The number of nitrogens with one attached hydrogen (secondary N) is 2. The van der Waals surface area contributed by atoms with Crippen molar-refractivity contribution in [2.45, 2.75) is 32.9 Å². The van der Waals surface area contributed by atoms with Crippen LogP contribution in [0.1, 0.15) is 36.6 Å². The molecule has 0 fully saturated rings. The molecule has 33 heavy (non-hydrogen) atoms. The van der Waals surface area contributed by atoms with Gasteiger partial charge in [0, 0.05) is 23.6 Å². The molecule has 0 spiro atoms. The number of rotatable bonds is 12. The molecule has 0 bridgehead atoms. The van der Waals surface area contributed by atoms with E-state index in [2.05, 4.69) is 45.6 Å². The van der Waals surface area contributed by atoms with Crippen molar-refractivity contribution in [3.05, 3.63) is 94.0 Å².